The van der Waals surface area contributed by atoms with Gasteiger partial charge < -0.3 is 9.47 Å². The normalized spacial score (nSPS) is 10.9. The smallest absolute Gasteiger partial charge is 0.381 e. The van der Waals surface area contributed by atoms with E-state index in [1.807, 2.05) is 0 Å². The zero-order valence-corrected chi connectivity index (χ0v) is 13.9. The first-order chi connectivity index (χ1) is 9.81. The molecule has 0 aliphatic carbocycles. The molecule has 5 nitrogen and oxygen atoms in total. The van der Waals surface area contributed by atoms with E-state index in [4.69, 9.17) is 18.5 Å². The predicted molar refractivity (Wildman–Crippen MR) is 80.2 cm³/mol. The maximum Gasteiger partial charge on any atom is 0.697 e. The number of rotatable bonds is 16. The van der Waals surface area contributed by atoms with Gasteiger partial charge in [0.15, 0.2) is 0 Å². The van der Waals surface area contributed by atoms with Crippen molar-refractivity contribution in [1.82, 2.24) is 0 Å². The highest BCUT2D eigenvalue weighted by Crippen LogP contribution is 2.23. The Labute approximate surface area is 124 Å². The van der Waals surface area contributed by atoms with E-state index >= 15 is 0 Å². The molecule has 0 radical (unpaired) electrons. The second-order valence-electron chi connectivity index (χ2n) is 4.53. The molecule has 0 atom stereocenters. The molecule has 0 saturated heterocycles. The van der Waals surface area contributed by atoms with E-state index in [1.54, 1.807) is 0 Å². The number of hydrogen-bond donors (Lipinski definition) is 0. The summed E-state index contributed by atoms with van der Waals surface area (Å²) in [6, 6.07) is 0. The van der Waals surface area contributed by atoms with Crippen LogP contribution in [0.15, 0.2) is 0 Å². The van der Waals surface area contributed by atoms with E-state index < -0.39 is 8.25 Å². The van der Waals surface area contributed by atoms with Crippen LogP contribution in [-0.2, 0) is 23.1 Å². The molecule has 0 aromatic heterocycles. The summed E-state index contributed by atoms with van der Waals surface area (Å²) in [6.07, 6.45) is 5.93. The summed E-state index contributed by atoms with van der Waals surface area (Å²) in [4.78, 5) is 0. The number of ether oxygens (including phenoxy) is 2. The molecule has 0 heterocycles. The summed E-state index contributed by atoms with van der Waals surface area (Å²) in [7, 11) is -2.00. The van der Waals surface area contributed by atoms with Gasteiger partial charge in [-0.2, -0.15) is 0 Å². The average Bonchev–Trinajstić information content (AvgIpc) is 2.45. The van der Waals surface area contributed by atoms with E-state index in [0.29, 0.717) is 26.4 Å². The number of unbranched alkanes of at least 4 members (excludes halogenated alkanes) is 2. The van der Waals surface area contributed by atoms with Gasteiger partial charge in [0.1, 0.15) is 13.2 Å². The van der Waals surface area contributed by atoms with Gasteiger partial charge in [-0.1, -0.05) is 26.7 Å². The Morgan fingerprint density at radius 1 is 0.650 bits per heavy atom. The highest BCUT2D eigenvalue weighted by Gasteiger charge is 2.19. The summed E-state index contributed by atoms with van der Waals surface area (Å²) in [5.41, 5.74) is 0. The third-order valence-electron chi connectivity index (χ3n) is 2.54. The molecule has 20 heavy (non-hydrogen) atoms. The minimum Gasteiger partial charge on any atom is -0.381 e. The molecule has 0 aromatic carbocycles. The molecule has 0 aliphatic rings. The van der Waals surface area contributed by atoms with Gasteiger partial charge in [-0.3, -0.25) is 0 Å². The Kier molecular flexibility index (Phi) is 16.9. The Balaban J connectivity index is 3.13. The summed E-state index contributed by atoms with van der Waals surface area (Å²) in [6.45, 7) is 7.95. The molecular formula is C14H30O5P+. The molecule has 0 amide bonds. The largest absolute Gasteiger partial charge is 0.697 e. The van der Waals surface area contributed by atoms with Crippen molar-refractivity contribution >= 4 is 8.25 Å². The van der Waals surface area contributed by atoms with Crippen molar-refractivity contribution < 1.29 is 23.1 Å². The van der Waals surface area contributed by atoms with Crippen LogP contribution in [0.25, 0.3) is 0 Å². The van der Waals surface area contributed by atoms with Crippen LogP contribution in [0.5, 0.6) is 0 Å². The molecule has 0 N–H and O–H groups in total. The lowest BCUT2D eigenvalue weighted by molar-refractivity contribution is 0.107. The SMILES string of the molecule is CCCCOCCCO[P+](=O)OCCCOCCCC. The molecule has 0 aromatic rings. The maximum atomic E-state index is 11.3. The van der Waals surface area contributed by atoms with Crippen LogP contribution in [0, 0.1) is 0 Å². The minimum atomic E-state index is -2.00. The van der Waals surface area contributed by atoms with Crippen molar-refractivity contribution in [2.24, 2.45) is 0 Å². The van der Waals surface area contributed by atoms with E-state index in [9.17, 15) is 4.57 Å². The number of hydrogen-bond acceptors (Lipinski definition) is 5. The first-order valence-electron chi connectivity index (χ1n) is 7.69. The van der Waals surface area contributed by atoms with E-state index in [1.165, 1.54) is 0 Å². The first-order valence-corrected chi connectivity index (χ1v) is 8.79. The lowest BCUT2D eigenvalue weighted by atomic mass is 10.4. The Bertz CT molecular complexity index is 194. The summed E-state index contributed by atoms with van der Waals surface area (Å²) >= 11 is 0. The monoisotopic (exact) mass is 309 g/mol. The molecule has 0 rings (SSSR count). The highest BCUT2D eigenvalue weighted by atomic mass is 31.1. The second-order valence-corrected chi connectivity index (χ2v) is 5.49. The van der Waals surface area contributed by atoms with Crippen LogP contribution >= 0.6 is 8.25 Å². The van der Waals surface area contributed by atoms with Gasteiger partial charge in [0.05, 0.1) is 0 Å². The fraction of sp³-hybridized carbons (Fsp3) is 1.00. The molecule has 6 heteroatoms. The van der Waals surface area contributed by atoms with Gasteiger partial charge >= 0.3 is 8.25 Å². The molecular weight excluding hydrogens is 279 g/mol. The minimum absolute atomic E-state index is 0.411. The quantitative estimate of drug-likeness (QED) is 0.317. The Morgan fingerprint density at radius 3 is 1.45 bits per heavy atom. The third-order valence-corrected chi connectivity index (χ3v) is 3.33. The van der Waals surface area contributed by atoms with Gasteiger partial charge in [0.25, 0.3) is 0 Å². The zero-order chi connectivity index (χ0) is 14.9. The Morgan fingerprint density at radius 2 is 1.05 bits per heavy atom. The lowest BCUT2D eigenvalue weighted by Gasteiger charge is -2.01. The second kappa shape index (κ2) is 17.0. The molecule has 0 aliphatic heterocycles. The van der Waals surface area contributed by atoms with Crippen molar-refractivity contribution in [2.75, 3.05) is 39.6 Å². The maximum absolute atomic E-state index is 11.3. The fourth-order valence-electron chi connectivity index (χ4n) is 1.33. The summed E-state index contributed by atoms with van der Waals surface area (Å²) in [5.74, 6) is 0. The van der Waals surface area contributed by atoms with Crippen molar-refractivity contribution in [1.29, 1.82) is 0 Å². The fourth-order valence-corrected chi connectivity index (χ4v) is 1.97. The van der Waals surface area contributed by atoms with Crippen LogP contribution in [0.3, 0.4) is 0 Å². The van der Waals surface area contributed by atoms with Gasteiger partial charge in [-0.15, -0.1) is 9.05 Å². The van der Waals surface area contributed by atoms with E-state index in [0.717, 1.165) is 51.7 Å². The van der Waals surface area contributed by atoms with Gasteiger partial charge in [0, 0.05) is 31.0 Å². The topological polar surface area (TPSA) is 54.0 Å². The molecule has 0 fully saturated rings. The molecule has 0 bridgehead atoms. The van der Waals surface area contributed by atoms with Crippen molar-refractivity contribution in [3.8, 4) is 0 Å². The van der Waals surface area contributed by atoms with E-state index in [-0.39, 0.29) is 0 Å². The van der Waals surface area contributed by atoms with Crippen molar-refractivity contribution in [3.63, 3.8) is 0 Å². The van der Waals surface area contributed by atoms with Crippen molar-refractivity contribution in [2.45, 2.75) is 52.4 Å². The van der Waals surface area contributed by atoms with Crippen LogP contribution < -0.4 is 0 Å². The molecule has 120 valence electrons. The van der Waals surface area contributed by atoms with Crippen LogP contribution in [0.1, 0.15) is 52.4 Å². The predicted octanol–water partition coefficient (Wildman–Crippen LogP) is 4.09. The third kappa shape index (κ3) is 16.0. The first kappa shape index (κ1) is 19.9. The van der Waals surface area contributed by atoms with Crippen LogP contribution in [0.2, 0.25) is 0 Å². The zero-order valence-electron chi connectivity index (χ0n) is 13.0. The average molecular weight is 309 g/mol. The summed E-state index contributed by atoms with van der Waals surface area (Å²) < 4.78 is 32.2. The van der Waals surface area contributed by atoms with Crippen molar-refractivity contribution in [3.05, 3.63) is 0 Å². The molecule has 0 spiro atoms. The summed E-state index contributed by atoms with van der Waals surface area (Å²) in [5, 5.41) is 0. The van der Waals surface area contributed by atoms with Gasteiger partial charge in [-0.25, -0.2) is 0 Å². The highest BCUT2D eigenvalue weighted by molar-refractivity contribution is 7.33. The van der Waals surface area contributed by atoms with E-state index in [2.05, 4.69) is 13.8 Å². The van der Waals surface area contributed by atoms with Crippen LogP contribution in [-0.4, -0.2) is 39.6 Å². The van der Waals surface area contributed by atoms with Gasteiger partial charge in [0.2, 0.25) is 0 Å². The lowest BCUT2D eigenvalue weighted by Crippen LogP contribution is -2.01. The molecule has 0 unspecified atom stereocenters. The molecule has 0 saturated carbocycles. The van der Waals surface area contributed by atoms with Gasteiger partial charge in [-0.05, 0) is 25.7 Å². The van der Waals surface area contributed by atoms with Crippen LogP contribution in [0.4, 0.5) is 0 Å². The standard InChI is InChI=1S/C14H30O5P/c1-3-5-9-16-11-7-13-18-20(15)19-14-8-12-17-10-6-4-2/h3-14H2,1-2H3/q+1. The Hall–Kier alpha value is -0.0600.